The van der Waals surface area contributed by atoms with Crippen LogP contribution in [0.5, 0.6) is 0 Å². The fourth-order valence-corrected chi connectivity index (χ4v) is 3.42. The van der Waals surface area contributed by atoms with Crippen LogP contribution < -0.4 is 5.32 Å². The lowest BCUT2D eigenvalue weighted by Gasteiger charge is -2.23. The number of esters is 1. The minimum atomic E-state index is -1.14. The number of hydrogen-bond acceptors (Lipinski definition) is 4. The second-order valence-corrected chi connectivity index (χ2v) is 6.86. The van der Waals surface area contributed by atoms with Crippen molar-refractivity contribution in [3.8, 4) is 0 Å². The molecule has 0 spiro atoms. The highest BCUT2D eigenvalue weighted by molar-refractivity contribution is 6.08. The van der Waals surface area contributed by atoms with Gasteiger partial charge in [-0.1, -0.05) is 31.5 Å². The van der Waals surface area contributed by atoms with E-state index < -0.39 is 23.4 Å². The van der Waals surface area contributed by atoms with Crippen molar-refractivity contribution in [2.24, 2.45) is 0 Å². The summed E-state index contributed by atoms with van der Waals surface area (Å²) in [6, 6.07) is 5.37. The molecule has 3 rings (SSSR count). The van der Waals surface area contributed by atoms with Gasteiger partial charge in [-0.15, -0.1) is 0 Å². The molecule has 6 heteroatoms. The summed E-state index contributed by atoms with van der Waals surface area (Å²) >= 11 is 0. The molecule has 25 heavy (non-hydrogen) atoms. The number of carbonyl (C=O) groups excluding carboxylic acids is 3. The Balaban J connectivity index is 1.74. The smallest absolute Gasteiger partial charge is 0.326 e. The van der Waals surface area contributed by atoms with Gasteiger partial charge in [-0.05, 0) is 49.3 Å². The number of hydrogen-bond donors (Lipinski definition) is 1. The Morgan fingerprint density at radius 1 is 1.28 bits per heavy atom. The van der Waals surface area contributed by atoms with Crippen LogP contribution in [0.15, 0.2) is 18.2 Å². The predicted octanol–water partition coefficient (Wildman–Crippen LogP) is 2.29. The summed E-state index contributed by atoms with van der Waals surface area (Å²) in [4.78, 5) is 37.9. The number of imide groups is 1. The van der Waals surface area contributed by atoms with Crippen molar-refractivity contribution < 1.29 is 19.1 Å². The van der Waals surface area contributed by atoms with E-state index in [0.717, 1.165) is 42.6 Å². The number of ether oxygens (including phenoxy) is 1. The summed E-state index contributed by atoms with van der Waals surface area (Å²) in [7, 11) is 0. The average molecular weight is 344 g/mol. The minimum absolute atomic E-state index is 0.307. The van der Waals surface area contributed by atoms with E-state index in [1.54, 1.807) is 6.92 Å². The lowest BCUT2D eigenvalue weighted by Crippen LogP contribution is -2.41. The number of nitrogens with one attached hydrogen (secondary N) is 1. The highest BCUT2D eigenvalue weighted by atomic mass is 16.5. The quantitative estimate of drug-likeness (QED) is 0.488. The van der Waals surface area contributed by atoms with Gasteiger partial charge >= 0.3 is 12.0 Å². The molecule has 1 aliphatic heterocycles. The Labute approximate surface area is 147 Å². The van der Waals surface area contributed by atoms with E-state index in [1.807, 2.05) is 25.1 Å². The SMILES string of the molecule is CCCCOC(=O)CN1C(=O)NC(C)(c2ccc3c(c2)CCC3)C1=O. The molecule has 1 saturated heterocycles. The molecule has 0 saturated carbocycles. The van der Waals surface area contributed by atoms with Gasteiger partial charge in [-0.3, -0.25) is 14.5 Å². The van der Waals surface area contributed by atoms with Crippen LogP contribution in [0, 0.1) is 0 Å². The molecule has 0 bridgehead atoms. The second-order valence-electron chi connectivity index (χ2n) is 6.86. The maximum absolute atomic E-state index is 12.8. The maximum Gasteiger partial charge on any atom is 0.326 e. The number of fused-ring (bicyclic) bond motifs is 1. The van der Waals surface area contributed by atoms with Crippen molar-refractivity contribution in [2.75, 3.05) is 13.2 Å². The molecule has 3 amide bonds. The summed E-state index contributed by atoms with van der Waals surface area (Å²) in [5, 5.41) is 2.74. The molecular weight excluding hydrogens is 320 g/mol. The average Bonchev–Trinajstić information content (AvgIpc) is 3.13. The predicted molar refractivity (Wildman–Crippen MR) is 91.9 cm³/mol. The summed E-state index contributed by atoms with van der Waals surface area (Å²) in [6.07, 6.45) is 4.84. The van der Waals surface area contributed by atoms with Gasteiger partial charge in [0.1, 0.15) is 12.1 Å². The van der Waals surface area contributed by atoms with Crippen LogP contribution in [0.2, 0.25) is 0 Å². The molecule has 2 aliphatic rings. The molecule has 1 aliphatic carbocycles. The van der Waals surface area contributed by atoms with E-state index in [4.69, 9.17) is 4.74 Å². The van der Waals surface area contributed by atoms with E-state index in [1.165, 1.54) is 11.1 Å². The molecule has 1 unspecified atom stereocenters. The Morgan fingerprint density at radius 2 is 2.04 bits per heavy atom. The van der Waals surface area contributed by atoms with Gasteiger partial charge < -0.3 is 10.1 Å². The van der Waals surface area contributed by atoms with E-state index >= 15 is 0 Å². The van der Waals surface area contributed by atoms with Gasteiger partial charge in [0.05, 0.1) is 6.61 Å². The first kappa shape index (κ1) is 17.5. The van der Waals surface area contributed by atoms with Gasteiger partial charge in [-0.2, -0.15) is 0 Å². The summed E-state index contributed by atoms with van der Waals surface area (Å²) < 4.78 is 5.06. The molecule has 0 aromatic heterocycles. The van der Waals surface area contributed by atoms with Crippen LogP contribution in [-0.4, -0.2) is 36.0 Å². The topological polar surface area (TPSA) is 75.7 Å². The highest BCUT2D eigenvalue weighted by Gasteiger charge is 2.49. The largest absolute Gasteiger partial charge is 0.464 e. The van der Waals surface area contributed by atoms with E-state index in [2.05, 4.69) is 5.32 Å². The molecule has 6 nitrogen and oxygen atoms in total. The van der Waals surface area contributed by atoms with Crippen molar-refractivity contribution >= 4 is 17.9 Å². The zero-order valence-corrected chi connectivity index (χ0v) is 14.8. The standard InChI is InChI=1S/C19H24N2O4/c1-3-4-10-25-16(22)12-21-17(23)19(2,20-18(21)24)15-9-8-13-6-5-7-14(13)11-15/h8-9,11H,3-7,10,12H2,1-2H3,(H,20,24). The molecular formula is C19H24N2O4. The normalized spacial score (nSPS) is 22.1. The zero-order chi connectivity index (χ0) is 18.0. The molecule has 1 heterocycles. The fraction of sp³-hybridized carbons (Fsp3) is 0.526. The number of aryl methyl sites for hydroxylation is 2. The van der Waals surface area contributed by atoms with Crippen LogP contribution in [-0.2, 0) is 32.7 Å². The third-order valence-electron chi connectivity index (χ3n) is 5.00. The van der Waals surface area contributed by atoms with Crippen molar-refractivity contribution in [1.82, 2.24) is 10.2 Å². The lowest BCUT2D eigenvalue weighted by molar-refractivity contribution is -0.147. The van der Waals surface area contributed by atoms with E-state index in [0.29, 0.717) is 6.61 Å². The molecule has 1 aromatic carbocycles. The first-order chi connectivity index (χ1) is 12.0. The van der Waals surface area contributed by atoms with Crippen LogP contribution >= 0.6 is 0 Å². The van der Waals surface area contributed by atoms with Crippen LogP contribution in [0.25, 0.3) is 0 Å². The monoisotopic (exact) mass is 344 g/mol. The first-order valence-electron chi connectivity index (χ1n) is 8.87. The minimum Gasteiger partial charge on any atom is -0.464 e. The Hall–Kier alpha value is -2.37. The number of benzene rings is 1. The van der Waals surface area contributed by atoms with Crippen molar-refractivity contribution in [3.63, 3.8) is 0 Å². The Bertz CT molecular complexity index is 715. The van der Waals surface area contributed by atoms with Crippen LogP contribution in [0.1, 0.15) is 49.8 Å². The third-order valence-corrected chi connectivity index (χ3v) is 5.00. The summed E-state index contributed by atoms with van der Waals surface area (Å²) in [5.41, 5.74) is 2.16. The van der Waals surface area contributed by atoms with Gasteiger partial charge in [0.25, 0.3) is 5.91 Å². The van der Waals surface area contributed by atoms with Gasteiger partial charge in [0.15, 0.2) is 0 Å². The maximum atomic E-state index is 12.8. The van der Waals surface area contributed by atoms with Gasteiger partial charge in [-0.25, -0.2) is 4.79 Å². The number of urea groups is 1. The lowest BCUT2D eigenvalue weighted by atomic mass is 9.90. The number of nitrogens with zero attached hydrogens (tertiary/aromatic N) is 1. The zero-order valence-electron chi connectivity index (χ0n) is 14.8. The van der Waals surface area contributed by atoms with Crippen molar-refractivity contribution in [3.05, 3.63) is 34.9 Å². The van der Waals surface area contributed by atoms with Crippen molar-refractivity contribution in [1.29, 1.82) is 0 Å². The number of unbranched alkanes of at least 4 members (excludes halogenated alkanes) is 1. The van der Waals surface area contributed by atoms with Crippen LogP contribution in [0.3, 0.4) is 0 Å². The van der Waals surface area contributed by atoms with E-state index in [9.17, 15) is 14.4 Å². The summed E-state index contributed by atoms with van der Waals surface area (Å²) in [5.74, 6) is -0.974. The molecule has 1 atom stereocenters. The second kappa shape index (κ2) is 6.86. The number of carbonyl (C=O) groups is 3. The summed E-state index contributed by atoms with van der Waals surface area (Å²) in [6.45, 7) is 3.63. The van der Waals surface area contributed by atoms with Gasteiger partial charge in [0.2, 0.25) is 0 Å². The molecule has 1 aromatic rings. The molecule has 134 valence electrons. The van der Waals surface area contributed by atoms with E-state index in [-0.39, 0.29) is 6.54 Å². The molecule has 1 N–H and O–H groups in total. The fourth-order valence-electron chi connectivity index (χ4n) is 3.42. The first-order valence-corrected chi connectivity index (χ1v) is 8.87. The molecule has 0 radical (unpaired) electrons. The van der Waals surface area contributed by atoms with Gasteiger partial charge in [0, 0.05) is 0 Å². The number of amides is 3. The Morgan fingerprint density at radius 3 is 2.80 bits per heavy atom. The molecule has 1 fully saturated rings. The van der Waals surface area contributed by atoms with Crippen molar-refractivity contribution in [2.45, 2.75) is 51.5 Å². The Kier molecular flexibility index (Phi) is 4.79. The number of rotatable bonds is 6. The third kappa shape index (κ3) is 3.25. The van der Waals surface area contributed by atoms with Crippen LogP contribution in [0.4, 0.5) is 4.79 Å². The highest BCUT2D eigenvalue weighted by Crippen LogP contribution is 2.32.